The predicted octanol–water partition coefficient (Wildman–Crippen LogP) is 3.93. The van der Waals surface area contributed by atoms with E-state index in [9.17, 15) is 0 Å². The molecule has 1 aromatic heterocycles. The molecule has 92 valence electrons. The molecule has 16 heavy (non-hydrogen) atoms. The lowest BCUT2D eigenvalue weighted by atomic mass is 10.2. The van der Waals surface area contributed by atoms with Crippen LogP contribution in [-0.2, 0) is 11.3 Å². The van der Waals surface area contributed by atoms with Crippen molar-refractivity contribution in [3.05, 3.63) is 16.4 Å². The maximum Gasteiger partial charge on any atom is 0.0896 e. The Bertz CT molecular complexity index is 312. The molecule has 1 heterocycles. The standard InChI is InChI=1S/C12H21BrN2O/c1-4-6-7-16-9-12-11(13)8-14-15(12)10(3)5-2/h8,10H,4-7,9H2,1-3H3. The first kappa shape index (κ1) is 13.7. The van der Waals surface area contributed by atoms with Crippen molar-refractivity contribution in [3.8, 4) is 0 Å². The van der Waals surface area contributed by atoms with Crippen LogP contribution >= 0.6 is 15.9 Å². The van der Waals surface area contributed by atoms with Gasteiger partial charge in [0.1, 0.15) is 0 Å². The number of unbranched alkanes of at least 4 members (excludes halogenated alkanes) is 1. The van der Waals surface area contributed by atoms with Crippen molar-refractivity contribution in [2.45, 2.75) is 52.7 Å². The van der Waals surface area contributed by atoms with E-state index in [2.05, 4.69) is 46.5 Å². The zero-order chi connectivity index (χ0) is 12.0. The Kier molecular flexibility index (Phi) is 6.06. The van der Waals surface area contributed by atoms with E-state index >= 15 is 0 Å². The Balaban J connectivity index is 2.59. The predicted molar refractivity (Wildman–Crippen MR) is 69.5 cm³/mol. The van der Waals surface area contributed by atoms with Crippen LogP contribution in [-0.4, -0.2) is 16.4 Å². The van der Waals surface area contributed by atoms with Gasteiger partial charge in [0.2, 0.25) is 0 Å². The second kappa shape index (κ2) is 7.07. The molecule has 0 fully saturated rings. The van der Waals surface area contributed by atoms with Gasteiger partial charge < -0.3 is 4.74 Å². The van der Waals surface area contributed by atoms with Gasteiger partial charge in [-0.15, -0.1) is 0 Å². The third-order valence-electron chi connectivity index (χ3n) is 2.74. The van der Waals surface area contributed by atoms with Crippen molar-refractivity contribution in [2.24, 2.45) is 0 Å². The molecule has 0 aromatic carbocycles. The van der Waals surface area contributed by atoms with Crippen molar-refractivity contribution >= 4 is 15.9 Å². The van der Waals surface area contributed by atoms with Crippen molar-refractivity contribution < 1.29 is 4.74 Å². The zero-order valence-corrected chi connectivity index (χ0v) is 12.0. The lowest BCUT2D eigenvalue weighted by Crippen LogP contribution is -2.11. The van der Waals surface area contributed by atoms with Gasteiger partial charge in [-0.25, -0.2) is 0 Å². The van der Waals surface area contributed by atoms with Gasteiger partial charge in [-0.3, -0.25) is 4.68 Å². The maximum absolute atomic E-state index is 5.64. The quantitative estimate of drug-likeness (QED) is 0.711. The van der Waals surface area contributed by atoms with E-state index in [4.69, 9.17) is 4.74 Å². The van der Waals surface area contributed by atoms with Crippen LogP contribution < -0.4 is 0 Å². The molecule has 0 aliphatic rings. The second-order valence-corrected chi connectivity index (χ2v) is 4.90. The van der Waals surface area contributed by atoms with E-state index in [1.54, 1.807) is 0 Å². The number of nitrogens with zero attached hydrogens (tertiary/aromatic N) is 2. The molecule has 0 aliphatic heterocycles. The molecule has 0 saturated heterocycles. The fourth-order valence-electron chi connectivity index (χ4n) is 1.47. The van der Waals surface area contributed by atoms with Gasteiger partial charge in [0.05, 0.1) is 23.0 Å². The Hall–Kier alpha value is -0.350. The minimum Gasteiger partial charge on any atom is -0.375 e. The van der Waals surface area contributed by atoms with Crippen molar-refractivity contribution in [1.82, 2.24) is 9.78 Å². The first-order valence-electron chi connectivity index (χ1n) is 6.00. The van der Waals surface area contributed by atoms with Crippen LogP contribution in [0.4, 0.5) is 0 Å². The summed E-state index contributed by atoms with van der Waals surface area (Å²) in [6.45, 7) is 7.99. The number of ether oxygens (including phenoxy) is 1. The fraction of sp³-hybridized carbons (Fsp3) is 0.750. The van der Waals surface area contributed by atoms with Crippen LogP contribution in [0.5, 0.6) is 0 Å². The summed E-state index contributed by atoms with van der Waals surface area (Å²) < 4.78 is 8.74. The highest BCUT2D eigenvalue weighted by Gasteiger charge is 2.12. The monoisotopic (exact) mass is 288 g/mol. The Morgan fingerprint density at radius 2 is 2.25 bits per heavy atom. The Morgan fingerprint density at radius 1 is 1.50 bits per heavy atom. The summed E-state index contributed by atoms with van der Waals surface area (Å²) in [4.78, 5) is 0. The molecule has 1 atom stereocenters. The highest BCUT2D eigenvalue weighted by Crippen LogP contribution is 2.21. The van der Waals surface area contributed by atoms with Gasteiger partial charge >= 0.3 is 0 Å². The molecule has 1 unspecified atom stereocenters. The van der Waals surface area contributed by atoms with Gasteiger partial charge in [-0.2, -0.15) is 5.10 Å². The van der Waals surface area contributed by atoms with Crippen LogP contribution in [0.1, 0.15) is 51.8 Å². The van der Waals surface area contributed by atoms with E-state index in [1.807, 2.05) is 6.20 Å². The highest BCUT2D eigenvalue weighted by atomic mass is 79.9. The smallest absolute Gasteiger partial charge is 0.0896 e. The molecule has 3 nitrogen and oxygen atoms in total. The average molecular weight is 289 g/mol. The number of rotatable bonds is 7. The SMILES string of the molecule is CCCCOCc1c(Br)cnn1C(C)CC. The third kappa shape index (κ3) is 3.59. The van der Waals surface area contributed by atoms with E-state index in [-0.39, 0.29) is 0 Å². The topological polar surface area (TPSA) is 27.1 Å². The summed E-state index contributed by atoms with van der Waals surface area (Å²) in [5.41, 5.74) is 1.14. The summed E-state index contributed by atoms with van der Waals surface area (Å²) in [6.07, 6.45) is 5.22. The van der Waals surface area contributed by atoms with E-state index in [1.165, 1.54) is 6.42 Å². The van der Waals surface area contributed by atoms with Gasteiger partial charge in [0, 0.05) is 12.6 Å². The summed E-state index contributed by atoms with van der Waals surface area (Å²) in [5.74, 6) is 0. The number of hydrogen-bond acceptors (Lipinski definition) is 2. The minimum atomic E-state index is 0.427. The van der Waals surface area contributed by atoms with Crippen LogP contribution in [0, 0.1) is 0 Å². The van der Waals surface area contributed by atoms with Crippen LogP contribution in [0.15, 0.2) is 10.7 Å². The molecule has 0 spiro atoms. The highest BCUT2D eigenvalue weighted by molar-refractivity contribution is 9.10. The van der Waals surface area contributed by atoms with Crippen LogP contribution in [0.25, 0.3) is 0 Å². The lowest BCUT2D eigenvalue weighted by molar-refractivity contribution is 0.110. The molecular formula is C12H21BrN2O. The third-order valence-corrected chi connectivity index (χ3v) is 3.40. The lowest BCUT2D eigenvalue weighted by Gasteiger charge is -2.14. The molecule has 1 aromatic rings. The fourth-order valence-corrected chi connectivity index (χ4v) is 1.86. The van der Waals surface area contributed by atoms with Gasteiger partial charge in [-0.05, 0) is 35.7 Å². The van der Waals surface area contributed by atoms with Gasteiger partial charge in [-0.1, -0.05) is 20.3 Å². The second-order valence-electron chi connectivity index (χ2n) is 4.05. The van der Waals surface area contributed by atoms with Gasteiger partial charge in [0.15, 0.2) is 0 Å². The van der Waals surface area contributed by atoms with E-state index in [0.29, 0.717) is 12.6 Å². The molecule has 0 aliphatic carbocycles. The first-order chi connectivity index (χ1) is 7.70. The summed E-state index contributed by atoms with van der Waals surface area (Å²) in [7, 11) is 0. The molecular weight excluding hydrogens is 268 g/mol. The van der Waals surface area contributed by atoms with Crippen molar-refractivity contribution in [3.63, 3.8) is 0 Å². The summed E-state index contributed by atoms with van der Waals surface area (Å²) in [5, 5.41) is 4.38. The molecule has 1 rings (SSSR count). The van der Waals surface area contributed by atoms with Crippen LogP contribution in [0.2, 0.25) is 0 Å². The van der Waals surface area contributed by atoms with Gasteiger partial charge in [0.25, 0.3) is 0 Å². The van der Waals surface area contributed by atoms with Crippen molar-refractivity contribution in [1.29, 1.82) is 0 Å². The van der Waals surface area contributed by atoms with Crippen molar-refractivity contribution in [2.75, 3.05) is 6.61 Å². The average Bonchev–Trinajstić information content (AvgIpc) is 2.65. The van der Waals surface area contributed by atoms with Crippen LogP contribution in [0.3, 0.4) is 0 Å². The Morgan fingerprint density at radius 3 is 2.88 bits per heavy atom. The largest absolute Gasteiger partial charge is 0.375 e. The molecule has 0 radical (unpaired) electrons. The molecule has 0 amide bonds. The molecule has 0 bridgehead atoms. The number of halogens is 1. The molecule has 4 heteroatoms. The first-order valence-corrected chi connectivity index (χ1v) is 6.79. The maximum atomic E-state index is 5.64. The zero-order valence-electron chi connectivity index (χ0n) is 10.4. The number of hydrogen-bond donors (Lipinski definition) is 0. The molecule has 0 N–H and O–H groups in total. The summed E-state index contributed by atoms with van der Waals surface area (Å²) >= 11 is 3.52. The normalized spacial score (nSPS) is 13.0. The minimum absolute atomic E-state index is 0.427. The molecule has 0 saturated carbocycles. The summed E-state index contributed by atoms with van der Waals surface area (Å²) in [6, 6.07) is 0.427. The number of aromatic nitrogens is 2. The Labute approximate surface area is 106 Å². The van der Waals surface area contributed by atoms with E-state index < -0.39 is 0 Å². The van der Waals surface area contributed by atoms with E-state index in [0.717, 1.165) is 29.6 Å².